The van der Waals surface area contributed by atoms with Crippen LogP contribution >= 0.6 is 19.2 Å². The summed E-state index contributed by atoms with van der Waals surface area (Å²) in [5.74, 6) is -1.26. The summed E-state index contributed by atoms with van der Waals surface area (Å²) in [5, 5.41) is 1.95. The van der Waals surface area contributed by atoms with Crippen LogP contribution in [0.15, 0.2) is 29.8 Å². The predicted molar refractivity (Wildman–Crippen MR) is 95.2 cm³/mol. The van der Waals surface area contributed by atoms with Crippen LogP contribution in [-0.2, 0) is 15.8 Å². The highest BCUT2D eigenvalue weighted by molar-refractivity contribution is 7.46. The highest BCUT2D eigenvalue weighted by Gasteiger charge is 2.22. The normalized spacial score (nSPS) is 11.9. The van der Waals surface area contributed by atoms with Crippen LogP contribution in [0.4, 0.5) is 4.39 Å². The Morgan fingerprint density at radius 3 is 2.78 bits per heavy atom. The number of aromatic nitrogens is 2. The lowest BCUT2D eigenvalue weighted by atomic mass is 10.1. The van der Waals surface area contributed by atoms with Gasteiger partial charge >= 0.3 is 7.82 Å². The van der Waals surface area contributed by atoms with Gasteiger partial charge in [0, 0.05) is 23.4 Å². The molecule has 27 heavy (non-hydrogen) atoms. The fourth-order valence-electron chi connectivity index (χ4n) is 2.49. The summed E-state index contributed by atoms with van der Waals surface area (Å²) in [6.45, 7) is 1.11. The second-order valence-electron chi connectivity index (χ2n) is 5.57. The summed E-state index contributed by atoms with van der Waals surface area (Å²) in [7, 11) is -4.75. The van der Waals surface area contributed by atoms with E-state index in [2.05, 4.69) is 9.51 Å². The maximum absolute atomic E-state index is 13.6. The molecule has 0 unspecified atom stereocenters. The molecule has 2 aromatic heterocycles. The van der Waals surface area contributed by atoms with Gasteiger partial charge in [0.05, 0.1) is 11.1 Å². The molecule has 1 aromatic carbocycles. The molecule has 0 saturated heterocycles. The summed E-state index contributed by atoms with van der Waals surface area (Å²) in [6, 6.07) is 3.68. The van der Waals surface area contributed by atoms with Crippen molar-refractivity contribution in [3.63, 3.8) is 0 Å². The molecular formula is C16H14FN2O6PS. The number of hydrogen-bond donors (Lipinski definition) is 2. The summed E-state index contributed by atoms with van der Waals surface area (Å²) in [4.78, 5) is 46.3. The largest absolute Gasteiger partial charge is 0.471 e. The fraction of sp³-hybridized carbons (Fsp3) is 0.188. The number of nitrogens with zero attached hydrogens (tertiary/aromatic N) is 2. The Bertz CT molecular complexity index is 1090. The zero-order valence-electron chi connectivity index (χ0n) is 14.0. The number of rotatable bonds is 7. The van der Waals surface area contributed by atoms with Crippen LogP contribution in [0.3, 0.4) is 0 Å². The quantitative estimate of drug-likeness (QED) is 0.452. The minimum absolute atomic E-state index is 0.0890. The summed E-state index contributed by atoms with van der Waals surface area (Å²) in [6.07, 6.45) is 1.57. The van der Waals surface area contributed by atoms with E-state index < -0.39 is 26.2 Å². The number of benzene rings is 1. The van der Waals surface area contributed by atoms with Crippen LogP contribution in [0.25, 0.3) is 10.9 Å². The van der Waals surface area contributed by atoms with Crippen LogP contribution in [0.2, 0.25) is 0 Å². The molecule has 0 radical (unpaired) electrons. The van der Waals surface area contributed by atoms with Crippen molar-refractivity contribution in [2.45, 2.75) is 20.1 Å². The van der Waals surface area contributed by atoms with Crippen molar-refractivity contribution < 1.29 is 32.9 Å². The zero-order valence-corrected chi connectivity index (χ0v) is 15.7. The molecule has 2 N–H and O–H groups in total. The molecular weight excluding hydrogens is 398 g/mol. The first-order valence-corrected chi connectivity index (χ1v) is 10.1. The first-order chi connectivity index (χ1) is 12.7. The van der Waals surface area contributed by atoms with Crippen LogP contribution < -0.4 is 0 Å². The van der Waals surface area contributed by atoms with Gasteiger partial charge in [-0.25, -0.2) is 13.9 Å². The molecule has 0 amide bonds. The number of phosphoric acid groups is 1. The van der Waals surface area contributed by atoms with Crippen molar-refractivity contribution in [2.75, 3.05) is 0 Å². The van der Waals surface area contributed by atoms with Gasteiger partial charge in [-0.05, 0) is 18.2 Å². The molecule has 0 aliphatic carbocycles. The van der Waals surface area contributed by atoms with Crippen LogP contribution in [0, 0.1) is 5.82 Å². The van der Waals surface area contributed by atoms with Crippen molar-refractivity contribution in [1.82, 2.24) is 9.55 Å². The van der Waals surface area contributed by atoms with E-state index in [0.717, 1.165) is 17.4 Å². The topological polar surface area (TPSA) is 119 Å². The zero-order chi connectivity index (χ0) is 19.8. The predicted octanol–water partition coefficient (Wildman–Crippen LogP) is 3.13. The molecule has 0 saturated carbocycles. The van der Waals surface area contributed by atoms with Crippen molar-refractivity contribution >= 4 is 41.6 Å². The summed E-state index contributed by atoms with van der Waals surface area (Å²) < 4.78 is 30.2. The number of thiazole rings is 1. The first kappa shape index (κ1) is 19.5. The molecule has 0 bridgehead atoms. The smallest absolute Gasteiger partial charge is 0.322 e. The molecule has 3 aromatic rings. The Labute approximate surface area is 156 Å². The van der Waals surface area contributed by atoms with Gasteiger partial charge in [0.2, 0.25) is 5.78 Å². The molecule has 0 fully saturated rings. The monoisotopic (exact) mass is 412 g/mol. The van der Waals surface area contributed by atoms with E-state index in [9.17, 15) is 18.5 Å². The van der Waals surface area contributed by atoms with E-state index in [4.69, 9.17) is 9.79 Å². The number of Topliss-reactive ketones (excluding diaryl/α,β-unsaturated/α-hetero) is 1. The van der Waals surface area contributed by atoms with Crippen LogP contribution in [0.1, 0.15) is 39.2 Å². The van der Waals surface area contributed by atoms with E-state index in [-0.39, 0.29) is 34.0 Å². The Hall–Kier alpha value is -2.23. The van der Waals surface area contributed by atoms with Crippen LogP contribution in [-0.4, -0.2) is 30.9 Å². The van der Waals surface area contributed by atoms with E-state index >= 15 is 0 Å². The molecule has 8 nitrogen and oxygen atoms in total. The van der Waals surface area contributed by atoms with Gasteiger partial charge in [0.25, 0.3) is 0 Å². The number of fused-ring (bicyclic) bond motifs is 1. The number of carbonyl (C=O) groups is 2. The van der Waals surface area contributed by atoms with E-state index in [0.29, 0.717) is 5.39 Å². The standard InChI is InChI=1S/C16H14FN2O6PS/c1-2-14(20)12-7-27-16(18-12)15(21)11-6-19(8-25-26(22,23)24)13-5-9(17)3-4-10(11)13/h3-7H,2,8H2,1H3,(H2,22,23,24). The minimum Gasteiger partial charge on any atom is -0.322 e. The molecule has 0 aliphatic rings. The number of carbonyl (C=O) groups excluding carboxylic acids is 2. The second kappa shape index (κ2) is 7.41. The maximum atomic E-state index is 13.6. The first-order valence-electron chi connectivity index (χ1n) is 7.71. The highest BCUT2D eigenvalue weighted by Crippen LogP contribution is 2.37. The van der Waals surface area contributed by atoms with Gasteiger partial charge in [-0.3, -0.25) is 14.1 Å². The van der Waals surface area contributed by atoms with Gasteiger partial charge in [-0.1, -0.05) is 6.92 Å². The summed E-state index contributed by atoms with van der Waals surface area (Å²) >= 11 is 1.01. The van der Waals surface area contributed by atoms with E-state index in [1.54, 1.807) is 6.92 Å². The fourth-order valence-corrected chi connectivity index (χ4v) is 3.54. The number of ketones is 2. The molecule has 3 rings (SSSR count). The third-order valence-electron chi connectivity index (χ3n) is 3.76. The van der Waals surface area contributed by atoms with Gasteiger partial charge in [-0.2, -0.15) is 0 Å². The average Bonchev–Trinajstić information content (AvgIpc) is 3.23. The molecule has 0 atom stereocenters. The second-order valence-corrected chi connectivity index (χ2v) is 7.66. The molecule has 2 heterocycles. The SMILES string of the molecule is CCC(=O)c1csc(C(=O)c2cn(COP(=O)(O)O)c3cc(F)ccc23)n1. The van der Waals surface area contributed by atoms with E-state index in [1.165, 1.54) is 28.3 Å². The van der Waals surface area contributed by atoms with Crippen molar-refractivity contribution in [3.05, 3.63) is 51.9 Å². The molecule has 142 valence electrons. The Balaban J connectivity index is 2.03. The lowest BCUT2D eigenvalue weighted by molar-refractivity contribution is 0.0984. The van der Waals surface area contributed by atoms with Crippen molar-refractivity contribution in [1.29, 1.82) is 0 Å². The lowest BCUT2D eigenvalue weighted by Gasteiger charge is -2.07. The maximum Gasteiger partial charge on any atom is 0.471 e. The van der Waals surface area contributed by atoms with Gasteiger partial charge in [-0.15, -0.1) is 11.3 Å². The summed E-state index contributed by atoms with van der Waals surface area (Å²) in [5.41, 5.74) is 0.586. The van der Waals surface area contributed by atoms with Gasteiger partial charge in [0.1, 0.15) is 18.2 Å². The average molecular weight is 412 g/mol. The van der Waals surface area contributed by atoms with Gasteiger partial charge < -0.3 is 14.4 Å². The Kier molecular flexibility index (Phi) is 5.36. The highest BCUT2D eigenvalue weighted by atomic mass is 32.1. The lowest BCUT2D eigenvalue weighted by Crippen LogP contribution is -2.03. The van der Waals surface area contributed by atoms with Gasteiger partial charge in [0.15, 0.2) is 10.8 Å². The Morgan fingerprint density at radius 2 is 2.11 bits per heavy atom. The molecule has 0 spiro atoms. The minimum atomic E-state index is -4.75. The van der Waals surface area contributed by atoms with Crippen LogP contribution in [0.5, 0.6) is 0 Å². The molecule has 11 heteroatoms. The van der Waals surface area contributed by atoms with Crippen molar-refractivity contribution in [3.8, 4) is 0 Å². The third kappa shape index (κ3) is 4.20. The third-order valence-corrected chi connectivity index (χ3v) is 5.05. The Morgan fingerprint density at radius 1 is 1.37 bits per heavy atom. The number of phosphoric ester groups is 1. The molecule has 0 aliphatic heterocycles. The van der Waals surface area contributed by atoms with E-state index in [1.807, 2.05) is 0 Å². The van der Waals surface area contributed by atoms with Crippen molar-refractivity contribution in [2.24, 2.45) is 0 Å². The number of halogens is 1. The number of hydrogen-bond acceptors (Lipinski definition) is 6.